The van der Waals surface area contributed by atoms with Gasteiger partial charge in [0, 0.05) is 24.0 Å². The number of aryl methyl sites for hydroxylation is 2. The number of nitrogens with one attached hydrogen (secondary N) is 2. The van der Waals surface area contributed by atoms with Gasteiger partial charge in [0.1, 0.15) is 5.70 Å². The van der Waals surface area contributed by atoms with Gasteiger partial charge in [-0.2, -0.15) is 0 Å². The maximum atomic E-state index is 12.6. The highest BCUT2D eigenvalue weighted by Gasteiger charge is 2.19. The van der Waals surface area contributed by atoms with Crippen LogP contribution in [0.25, 0.3) is 0 Å². The zero-order valence-electron chi connectivity index (χ0n) is 14.4. The lowest BCUT2D eigenvalue weighted by Crippen LogP contribution is -2.21. The molecule has 1 aromatic carbocycles. The third kappa shape index (κ3) is 3.79. The Bertz CT molecular complexity index is 745. The van der Waals surface area contributed by atoms with Crippen molar-refractivity contribution in [3.63, 3.8) is 0 Å². The Morgan fingerprint density at radius 3 is 2.79 bits per heavy atom. The van der Waals surface area contributed by atoms with Crippen LogP contribution >= 0.6 is 0 Å². The van der Waals surface area contributed by atoms with E-state index in [1.54, 1.807) is 19.2 Å². The highest BCUT2D eigenvalue weighted by molar-refractivity contribution is 6.05. The number of benzene rings is 1. The number of hydrogen-bond donors (Lipinski definition) is 2. The highest BCUT2D eigenvalue weighted by atomic mass is 16.2. The number of carbonyl (C=O) groups is 2. The molecule has 0 bridgehead atoms. The van der Waals surface area contributed by atoms with E-state index >= 15 is 0 Å². The molecule has 0 aliphatic carbocycles. The standard InChI is InChI=1S/C19H23N3O2/c1-5-13(6-2)18(20-7-3)19(24)21-15-10-12(4)17-14(11-15)8-9-16(23)22-17/h5,7,10-11H,1,6,8-9H2,2-4H3,(H,21,24)(H,22,23)/b18-13+,20-7?. The van der Waals surface area contributed by atoms with Crippen molar-refractivity contribution in [2.45, 2.75) is 40.0 Å². The van der Waals surface area contributed by atoms with E-state index in [1.807, 2.05) is 26.0 Å². The lowest BCUT2D eigenvalue weighted by molar-refractivity contribution is -0.116. The lowest BCUT2D eigenvalue weighted by atomic mass is 9.98. The van der Waals surface area contributed by atoms with Gasteiger partial charge in [0.2, 0.25) is 5.91 Å². The van der Waals surface area contributed by atoms with Crippen molar-refractivity contribution in [3.05, 3.63) is 47.2 Å². The van der Waals surface area contributed by atoms with Gasteiger partial charge in [-0.3, -0.25) is 14.6 Å². The maximum absolute atomic E-state index is 12.6. The van der Waals surface area contributed by atoms with Gasteiger partial charge in [0.05, 0.1) is 0 Å². The van der Waals surface area contributed by atoms with Crippen LogP contribution in [0.1, 0.15) is 37.8 Å². The fourth-order valence-electron chi connectivity index (χ4n) is 2.77. The Balaban J connectivity index is 2.32. The Labute approximate surface area is 142 Å². The van der Waals surface area contributed by atoms with Gasteiger partial charge in [-0.15, -0.1) is 0 Å². The molecule has 0 spiro atoms. The quantitative estimate of drug-likeness (QED) is 0.491. The summed E-state index contributed by atoms with van der Waals surface area (Å²) in [5.41, 5.74) is 4.70. The summed E-state index contributed by atoms with van der Waals surface area (Å²) in [6.07, 6.45) is 5.08. The number of nitrogens with zero attached hydrogens (tertiary/aromatic N) is 1. The normalized spacial score (nSPS) is 14.7. The van der Waals surface area contributed by atoms with Crippen molar-refractivity contribution in [3.8, 4) is 0 Å². The van der Waals surface area contributed by atoms with E-state index in [9.17, 15) is 9.59 Å². The molecule has 1 aliphatic rings. The molecule has 0 saturated heterocycles. The van der Waals surface area contributed by atoms with E-state index in [4.69, 9.17) is 0 Å². The summed E-state index contributed by atoms with van der Waals surface area (Å²) in [7, 11) is 0. The first-order valence-electron chi connectivity index (χ1n) is 8.09. The number of amides is 2. The summed E-state index contributed by atoms with van der Waals surface area (Å²) in [6, 6.07) is 3.77. The Morgan fingerprint density at radius 1 is 1.42 bits per heavy atom. The van der Waals surface area contributed by atoms with Crippen molar-refractivity contribution in [1.29, 1.82) is 0 Å². The minimum atomic E-state index is -0.260. The molecule has 1 aliphatic heterocycles. The molecular weight excluding hydrogens is 302 g/mol. The predicted octanol–water partition coefficient (Wildman–Crippen LogP) is 3.76. The topological polar surface area (TPSA) is 70.6 Å². The summed E-state index contributed by atoms with van der Waals surface area (Å²) in [4.78, 5) is 28.3. The summed E-state index contributed by atoms with van der Waals surface area (Å²) in [6.45, 7) is 9.40. The van der Waals surface area contributed by atoms with Crippen LogP contribution in [0.4, 0.5) is 11.4 Å². The lowest BCUT2D eigenvalue weighted by Gasteiger charge is -2.20. The van der Waals surface area contributed by atoms with E-state index in [0.29, 0.717) is 30.6 Å². The summed E-state index contributed by atoms with van der Waals surface area (Å²) in [5, 5.41) is 5.80. The van der Waals surface area contributed by atoms with Crippen molar-refractivity contribution in [2.75, 3.05) is 10.6 Å². The first kappa shape index (κ1) is 17.7. The van der Waals surface area contributed by atoms with Crippen LogP contribution in [0.15, 0.2) is 41.1 Å². The molecule has 5 heteroatoms. The zero-order chi connectivity index (χ0) is 17.7. The Kier molecular flexibility index (Phi) is 5.68. The minimum absolute atomic E-state index is 0.0310. The van der Waals surface area contributed by atoms with Crippen molar-refractivity contribution in [1.82, 2.24) is 0 Å². The predicted molar refractivity (Wildman–Crippen MR) is 98.4 cm³/mol. The molecule has 5 nitrogen and oxygen atoms in total. The molecule has 1 aromatic rings. The average Bonchev–Trinajstić information content (AvgIpc) is 2.56. The highest BCUT2D eigenvalue weighted by Crippen LogP contribution is 2.30. The second-order valence-corrected chi connectivity index (χ2v) is 5.65. The smallest absolute Gasteiger partial charge is 0.274 e. The van der Waals surface area contributed by atoms with Crippen LogP contribution in [0.5, 0.6) is 0 Å². The molecular formula is C19H23N3O2. The molecule has 0 fully saturated rings. The second-order valence-electron chi connectivity index (χ2n) is 5.65. The summed E-state index contributed by atoms with van der Waals surface area (Å²) < 4.78 is 0. The molecule has 0 unspecified atom stereocenters. The molecule has 1 heterocycles. The molecule has 0 radical (unpaired) electrons. The van der Waals surface area contributed by atoms with E-state index in [0.717, 1.165) is 22.4 Å². The third-order valence-electron chi connectivity index (χ3n) is 3.97. The van der Waals surface area contributed by atoms with Gasteiger partial charge in [-0.05, 0) is 55.5 Å². The van der Waals surface area contributed by atoms with Gasteiger partial charge < -0.3 is 10.6 Å². The molecule has 126 valence electrons. The fraction of sp³-hybridized carbons (Fsp3) is 0.316. The molecule has 24 heavy (non-hydrogen) atoms. The second kappa shape index (κ2) is 7.73. The van der Waals surface area contributed by atoms with Crippen molar-refractivity contribution >= 4 is 29.4 Å². The van der Waals surface area contributed by atoms with Crippen LogP contribution in [0.2, 0.25) is 0 Å². The van der Waals surface area contributed by atoms with Crippen LogP contribution in [-0.2, 0) is 16.0 Å². The van der Waals surface area contributed by atoms with E-state index in [2.05, 4.69) is 22.2 Å². The number of allylic oxidation sites excluding steroid dienone is 2. The zero-order valence-corrected chi connectivity index (χ0v) is 14.4. The van der Waals surface area contributed by atoms with Crippen LogP contribution in [-0.4, -0.2) is 18.0 Å². The molecule has 0 atom stereocenters. The van der Waals surface area contributed by atoms with Gasteiger partial charge >= 0.3 is 0 Å². The van der Waals surface area contributed by atoms with Gasteiger partial charge in [-0.25, -0.2) is 0 Å². The number of anilines is 2. The Morgan fingerprint density at radius 2 is 2.17 bits per heavy atom. The van der Waals surface area contributed by atoms with Gasteiger partial charge in [0.25, 0.3) is 5.91 Å². The molecule has 0 aromatic heterocycles. The first-order chi connectivity index (χ1) is 11.5. The van der Waals surface area contributed by atoms with Crippen LogP contribution in [0, 0.1) is 6.92 Å². The largest absolute Gasteiger partial charge is 0.326 e. The molecule has 0 saturated carbocycles. The number of carbonyl (C=O) groups excluding carboxylic acids is 2. The summed E-state index contributed by atoms with van der Waals surface area (Å²) >= 11 is 0. The fourth-order valence-corrected chi connectivity index (χ4v) is 2.77. The number of fused-ring (bicyclic) bond motifs is 1. The van der Waals surface area contributed by atoms with E-state index in [-0.39, 0.29) is 11.8 Å². The average molecular weight is 325 g/mol. The monoisotopic (exact) mass is 325 g/mol. The Hall–Kier alpha value is -2.69. The van der Waals surface area contributed by atoms with Crippen molar-refractivity contribution < 1.29 is 9.59 Å². The molecule has 2 amide bonds. The number of aliphatic imine (C=N–C) groups is 1. The molecule has 2 N–H and O–H groups in total. The SMILES string of the molecule is C=C/C(CC)=C(\N=CC)C(=O)Nc1cc(C)c2c(c1)CCC(=O)N2. The molecule has 2 rings (SSSR count). The van der Waals surface area contributed by atoms with Crippen LogP contribution in [0.3, 0.4) is 0 Å². The van der Waals surface area contributed by atoms with Crippen molar-refractivity contribution in [2.24, 2.45) is 4.99 Å². The van der Waals surface area contributed by atoms with Gasteiger partial charge in [0.15, 0.2) is 0 Å². The maximum Gasteiger partial charge on any atom is 0.274 e. The van der Waals surface area contributed by atoms with Crippen LogP contribution < -0.4 is 10.6 Å². The first-order valence-corrected chi connectivity index (χ1v) is 8.09. The minimum Gasteiger partial charge on any atom is -0.326 e. The summed E-state index contributed by atoms with van der Waals surface area (Å²) in [5.74, 6) is -0.229. The number of hydrogen-bond acceptors (Lipinski definition) is 3. The van der Waals surface area contributed by atoms with E-state index in [1.165, 1.54) is 0 Å². The van der Waals surface area contributed by atoms with Gasteiger partial charge in [-0.1, -0.05) is 19.6 Å². The van der Waals surface area contributed by atoms with E-state index < -0.39 is 0 Å². The number of rotatable bonds is 5. The third-order valence-corrected chi connectivity index (χ3v) is 3.97.